The lowest BCUT2D eigenvalue weighted by Gasteiger charge is -2.15. The molecule has 0 aromatic heterocycles. The van der Waals surface area contributed by atoms with Crippen molar-refractivity contribution in [1.82, 2.24) is 0 Å². The van der Waals surface area contributed by atoms with Crippen LogP contribution < -0.4 is 0 Å². The molecule has 1 atom stereocenters. The fourth-order valence-corrected chi connectivity index (χ4v) is 3.48. The van der Waals surface area contributed by atoms with Gasteiger partial charge in [0.25, 0.3) is 0 Å². The van der Waals surface area contributed by atoms with Gasteiger partial charge in [-0.1, -0.05) is 101 Å². The number of aliphatic hydroxyl groups is 1. The van der Waals surface area contributed by atoms with E-state index in [1.165, 1.54) is 19.3 Å². The third-order valence-corrected chi connectivity index (χ3v) is 5.64. The molecule has 0 aliphatic carbocycles. The summed E-state index contributed by atoms with van der Waals surface area (Å²) >= 11 is 0. The summed E-state index contributed by atoms with van der Waals surface area (Å²) in [5.74, 6) is -0.643. The van der Waals surface area contributed by atoms with E-state index in [0.29, 0.717) is 12.8 Å². The number of allylic oxidation sites excluding steroid dienone is 8. The second-order valence-corrected chi connectivity index (χ2v) is 9.10. The molecule has 1 unspecified atom stereocenters. The Hall–Kier alpha value is -2.14. The Labute approximate surface area is 220 Å². The molecule has 5 nitrogen and oxygen atoms in total. The van der Waals surface area contributed by atoms with E-state index in [9.17, 15) is 14.7 Å². The highest BCUT2D eigenvalue weighted by Crippen LogP contribution is 2.10. The first-order valence-corrected chi connectivity index (χ1v) is 14.2. The van der Waals surface area contributed by atoms with Gasteiger partial charge in [0, 0.05) is 12.8 Å². The minimum absolute atomic E-state index is 0.0769. The van der Waals surface area contributed by atoms with Gasteiger partial charge in [-0.05, 0) is 51.4 Å². The molecule has 0 aromatic carbocycles. The van der Waals surface area contributed by atoms with Crippen molar-refractivity contribution in [3.8, 4) is 0 Å². The molecule has 0 amide bonds. The van der Waals surface area contributed by atoms with Crippen LogP contribution in [0.5, 0.6) is 0 Å². The topological polar surface area (TPSA) is 72.8 Å². The molecule has 0 aromatic rings. The quantitative estimate of drug-likeness (QED) is 0.0820. The molecular formula is C31H52O5. The van der Waals surface area contributed by atoms with Gasteiger partial charge in [-0.15, -0.1) is 0 Å². The molecule has 1 N–H and O–H groups in total. The molecule has 0 saturated carbocycles. The Morgan fingerprint density at radius 2 is 1.19 bits per heavy atom. The summed E-state index contributed by atoms with van der Waals surface area (Å²) < 4.78 is 10.3. The van der Waals surface area contributed by atoms with Crippen molar-refractivity contribution < 1.29 is 24.2 Å². The van der Waals surface area contributed by atoms with Crippen LogP contribution >= 0.6 is 0 Å². The van der Waals surface area contributed by atoms with Crippen LogP contribution in [-0.4, -0.2) is 36.4 Å². The van der Waals surface area contributed by atoms with Crippen molar-refractivity contribution in [2.45, 2.75) is 123 Å². The van der Waals surface area contributed by atoms with Crippen LogP contribution in [0.4, 0.5) is 0 Å². The number of unbranched alkanes of at least 4 members (excludes halogenated alkanes) is 8. The van der Waals surface area contributed by atoms with E-state index < -0.39 is 6.10 Å². The van der Waals surface area contributed by atoms with Gasteiger partial charge in [-0.2, -0.15) is 0 Å². The van der Waals surface area contributed by atoms with Gasteiger partial charge in [0.1, 0.15) is 6.61 Å². The molecule has 0 spiro atoms. The minimum atomic E-state index is -0.772. The largest absolute Gasteiger partial charge is 0.462 e. The van der Waals surface area contributed by atoms with Crippen LogP contribution in [0.15, 0.2) is 48.6 Å². The maximum absolute atomic E-state index is 12.0. The molecule has 0 rings (SSSR count). The maximum atomic E-state index is 12.0. The van der Waals surface area contributed by atoms with Gasteiger partial charge in [-0.3, -0.25) is 9.59 Å². The zero-order valence-electron chi connectivity index (χ0n) is 23.0. The molecule has 0 radical (unpaired) electrons. The third-order valence-electron chi connectivity index (χ3n) is 5.64. The first-order valence-electron chi connectivity index (χ1n) is 14.2. The van der Waals surface area contributed by atoms with Crippen LogP contribution in [0, 0.1) is 0 Å². The number of ether oxygens (including phenoxy) is 2. The summed E-state index contributed by atoms with van der Waals surface area (Å²) in [6.45, 7) is 3.80. The van der Waals surface area contributed by atoms with E-state index >= 15 is 0 Å². The van der Waals surface area contributed by atoms with Crippen molar-refractivity contribution >= 4 is 11.9 Å². The predicted molar refractivity (Wildman–Crippen MR) is 150 cm³/mol. The molecule has 5 heteroatoms. The van der Waals surface area contributed by atoms with E-state index in [1.54, 1.807) is 0 Å². The van der Waals surface area contributed by atoms with Gasteiger partial charge in [0.15, 0.2) is 6.10 Å². The Morgan fingerprint density at radius 3 is 1.81 bits per heavy atom. The van der Waals surface area contributed by atoms with E-state index in [2.05, 4.69) is 62.5 Å². The van der Waals surface area contributed by atoms with Crippen molar-refractivity contribution in [2.24, 2.45) is 0 Å². The number of hydrogen-bond acceptors (Lipinski definition) is 5. The zero-order valence-corrected chi connectivity index (χ0v) is 23.0. The van der Waals surface area contributed by atoms with Crippen molar-refractivity contribution in [1.29, 1.82) is 0 Å². The number of esters is 2. The number of rotatable bonds is 24. The lowest BCUT2D eigenvalue weighted by molar-refractivity contribution is -0.161. The number of aliphatic hydroxyl groups excluding tert-OH is 1. The Bertz CT molecular complexity index is 633. The van der Waals surface area contributed by atoms with Gasteiger partial charge in [0.2, 0.25) is 0 Å². The van der Waals surface area contributed by atoms with Gasteiger partial charge < -0.3 is 14.6 Å². The Morgan fingerprint density at radius 1 is 0.667 bits per heavy atom. The van der Waals surface area contributed by atoms with Gasteiger partial charge in [-0.25, -0.2) is 0 Å². The smallest absolute Gasteiger partial charge is 0.306 e. The van der Waals surface area contributed by atoms with E-state index in [0.717, 1.165) is 70.6 Å². The summed E-state index contributed by atoms with van der Waals surface area (Å²) in [5.41, 5.74) is 0. The van der Waals surface area contributed by atoms with Gasteiger partial charge >= 0.3 is 11.9 Å². The zero-order chi connectivity index (χ0) is 26.5. The number of carbonyl (C=O) groups excluding carboxylic acids is 2. The molecule has 0 heterocycles. The van der Waals surface area contributed by atoms with E-state index in [1.807, 2.05) is 0 Å². The van der Waals surface area contributed by atoms with Crippen LogP contribution in [0.3, 0.4) is 0 Å². The Kier molecular flexibility index (Phi) is 25.8. The fourth-order valence-electron chi connectivity index (χ4n) is 3.48. The minimum Gasteiger partial charge on any atom is -0.462 e. The van der Waals surface area contributed by atoms with Crippen LogP contribution in [-0.2, 0) is 19.1 Å². The first-order chi connectivity index (χ1) is 17.6. The Balaban J connectivity index is 3.60. The van der Waals surface area contributed by atoms with Crippen LogP contribution in [0.1, 0.15) is 117 Å². The van der Waals surface area contributed by atoms with Gasteiger partial charge in [0.05, 0.1) is 6.61 Å². The number of carbonyl (C=O) groups is 2. The molecule has 36 heavy (non-hydrogen) atoms. The average Bonchev–Trinajstić information content (AvgIpc) is 2.88. The number of hydrogen-bond donors (Lipinski definition) is 1. The maximum Gasteiger partial charge on any atom is 0.306 e. The fraction of sp³-hybridized carbons (Fsp3) is 0.677. The van der Waals surface area contributed by atoms with Crippen molar-refractivity contribution in [2.75, 3.05) is 13.2 Å². The summed E-state index contributed by atoms with van der Waals surface area (Å²) in [6.07, 6.45) is 32.2. The molecule has 0 fully saturated rings. The molecule has 0 bridgehead atoms. The molecule has 0 aliphatic heterocycles. The monoisotopic (exact) mass is 504 g/mol. The normalized spacial score (nSPS) is 12.9. The summed E-state index contributed by atoms with van der Waals surface area (Å²) in [6, 6.07) is 0. The molecular weight excluding hydrogens is 452 g/mol. The van der Waals surface area contributed by atoms with Crippen molar-refractivity contribution in [3.63, 3.8) is 0 Å². The van der Waals surface area contributed by atoms with Crippen LogP contribution in [0.25, 0.3) is 0 Å². The highest BCUT2D eigenvalue weighted by molar-refractivity contribution is 5.70. The summed E-state index contributed by atoms with van der Waals surface area (Å²) in [4.78, 5) is 23.6. The first kappa shape index (κ1) is 33.9. The van der Waals surface area contributed by atoms with E-state index in [4.69, 9.17) is 9.47 Å². The highest BCUT2D eigenvalue weighted by Gasteiger charge is 2.15. The second-order valence-electron chi connectivity index (χ2n) is 9.10. The molecule has 0 aliphatic rings. The standard InChI is InChI=1S/C31H52O5/c1-3-5-7-8-9-10-11-12-13-14-15-16-17-18-19-20-21-22-24-26-31(34)36-29(27-32)28-35-30(33)25-23-6-4-2/h5,7,9-10,12-13,15-16,29,32H,3-4,6,8,11,14,17-28H2,1-2H3/b7-5-,10-9-,13-12-,16-15-. The SMILES string of the molecule is CC/C=C\C/C=C\C/C=C\C/C=C\CCCCCCCCC(=O)OC(CO)COC(=O)CCCCC. The van der Waals surface area contributed by atoms with Crippen LogP contribution in [0.2, 0.25) is 0 Å². The predicted octanol–water partition coefficient (Wildman–Crippen LogP) is 7.94. The lowest BCUT2D eigenvalue weighted by Crippen LogP contribution is -2.28. The summed E-state index contributed by atoms with van der Waals surface area (Å²) in [7, 11) is 0. The summed E-state index contributed by atoms with van der Waals surface area (Å²) in [5, 5.41) is 9.36. The molecule has 206 valence electrons. The average molecular weight is 505 g/mol. The molecule has 0 saturated heterocycles. The third kappa shape index (κ3) is 25.0. The lowest BCUT2D eigenvalue weighted by atomic mass is 10.1. The highest BCUT2D eigenvalue weighted by atomic mass is 16.6. The van der Waals surface area contributed by atoms with E-state index in [-0.39, 0.29) is 25.2 Å². The van der Waals surface area contributed by atoms with Crippen molar-refractivity contribution in [3.05, 3.63) is 48.6 Å². The second kappa shape index (κ2) is 27.4.